The molecule has 0 fully saturated rings. The van der Waals surface area contributed by atoms with Gasteiger partial charge in [0.25, 0.3) is 5.91 Å². The molecule has 1 heterocycles. The molecule has 0 aromatic heterocycles. The van der Waals surface area contributed by atoms with Gasteiger partial charge in [-0.2, -0.15) is 0 Å². The topological polar surface area (TPSA) is 84.9 Å². The summed E-state index contributed by atoms with van der Waals surface area (Å²) in [6.07, 6.45) is 0.0803. The molecular formula is C18H18Cl2N2O5S. The predicted octanol–water partition coefficient (Wildman–Crippen LogP) is 2.72. The first-order chi connectivity index (χ1) is 13.2. The number of amides is 1. The van der Waals surface area contributed by atoms with Crippen LogP contribution in [0.25, 0.3) is 0 Å². The molecule has 0 aliphatic carbocycles. The van der Waals surface area contributed by atoms with Gasteiger partial charge in [0.1, 0.15) is 18.1 Å². The number of nitrogens with zero attached hydrogens (tertiary/aromatic N) is 1. The van der Waals surface area contributed by atoms with Gasteiger partial charge in [0.05, 0.1) is 25.0 Å². The summed E-state index contributed by atoms with van der Waals surface area (Å²) in [4.78, 5) is 12.4. The Labute approximate surface area is 173 Å². The van der Waals surface area contributed by atoms with Crippen LogP contribution in [0.2, 0.25) is 10.0 Å². The minimum atomic E-state index is -3.61. The number of halogens is 2. The molecule has 0 spiro atoms. The van der Waals surface area contributed by atoms with Crippen molar-refractivity contribution in [3.8, 4) is 11.5 Å². The molecule has 0 saturated carbocycles. The third-order valence-electron chi connectivity index (χ3n) is 3.97. The monoisotopic (exact) mass is 444 g/mol. The maximum Gasteiger partial charge on any atom is 0.263 e. The molecule has 150 valence electrons. The number of fused-ring (bicyclic) bond motifs is 1. The maximum atomic E-state index is 12.4. The van der Waals surface area contributed by atoms with Crippen LogP contribution in [-0.2, 0) is 14.8 Å². The molecule has 0 saturated heterocycles. The Morgan fingerprint density at radius 3 is 2.57 bits per heavy atom. The van der Waals surface area contributed by atoms with Gasteiger partial charge in [0.15, 0.2) is 6.10 Å². The first-order valence-corrected chi connectivity index (χ1v) is 10.9. The van der Waals surface area contributed by atoms with Crippen LogP contribution in [-0.4, -0.2) is 46.4 Å². The van der Waals surface area contributed by atoms with E-state index in [-0.39, 0.29) is 25.4 Å². The van der Waals surface area contributed by atoms with E-state index in [4.69, 9.17) is 32.7 Å². The largest absolute Gasteiger partial charge is 0.492 e. The van der Waals surface area contributed by atoms with E-state index in [2.05, 4.69) is 5.32 Å². The molecule has 7 nitrogen and oxygen atoms in total. The van der Waals surface area contributed by atoms with E-state index in [9.17, 15) is 13.2 Å². The zero-order chi connectivity index (χ0) is 20.3. The van der Waals surface area contributed by atoms with Crippen LogP contribution < -0.4 is 19.1 Å². The first-order valence-electron chi connectivity index (χ1n) is 8.34. The zero-order valence-corrected chi connectivity index (χ0v) is 17.2. The van der Waals surface area contributed by atoms with Gasteiger partial charge in [-0.05, 0) is 42.5 Å². The van der Waals surface area contributed by atoms with Crippen LogP contribution in [0.15, 0.2) is 42.5 Å². The van der Waals surface area contributed by atoms with Crippen LogP contribution >= 0.6 is 23.2 Å². The highest BCUT2D eigenvalue weighted by Crippen LogP contribution is 2.37. The third kappa shape index (κ3) is 5.01. The van der Waals surface area contributed by atoms with E-state index in [1.807, 2.05) is 0 Å². The second kappa shape index (κ2) is 8.46. The molecule has 1 atom stereocenters. The normalized spacial score (nSPS) is 16.1. The van der Waals surface area contributed by atoms with Crippen LogP contribution in [0.4, 0.5) is 5.69 Å². The zero-order valence-electron chi connectivity index (χ0n) is 14.9. The van der Waals surface area contributed by atoms with Crippen molar-refractivity contribution in [3.05, 3.63) is 52.5 Å². The van der Waals surface area contributed by atoms with Crippen LogP contribution in [0.3, 0.4) is 0 Å². The third-order valence-corrected chi connectivity index (χ3v) is 5.60. The smallest absolute Gasteiger partial charge is 0.263 e. The Balaban J connectivity index is 1.61. The first kappa shape index (κ1) is 20.6. The fraction of sp³-hybridized carbons (Fsp3) is 0.278. The lowest BCUT2D eigenvalue weighted by Crippen LogP contribution is -2.51. The Morgan fingerprint density at radius 1 is 1.21 bits per heavy atom. The summed E-state index contributed by atoms with van der Waals surface area (Å²) in [5.74, 6) is 0.467. The van der Waals surface area contributed by atoms with Crippen LogP contribution in [0, 0.1) is 0 Å². The average molecular weight is 445 g/mol. The number of rotatable bonds is 6. The summed E-state index contributed by atoms with van der Waals surface area (Å²) >= 11 is 11.8. The molecule has 0 radical (unpaired) electrons. The number of nitrogens with one attached hydrogen (secondary N) is 1. The number of carbonyl (C=O) groups is 1. The van der Waals surface area contributed by atoms with Crippen molar-refractivity contribution in [2.45, 2.75) is 6.10 Å². The van der Waals surface area contributed by atoms with Crippen molar-refractivity contribution in [1.82, 2.24) is 5.32 Å². The summed E-state index contributed by atoms with van der Waals surface area (Å²) in [5.41, 5.74) is 0.310. The van der Waals surface area contributed by atoms with E-state index in [0.29, 0.717) is 21.5 Å². The second-order valence-corrected chi connectivity index (χ2v) is 8.89. The number of hydrogen-bond acceptors (Lipinski definition) is 5. The molecule has 1 N–H and O–H groups in total. The van der Waals surface area contributed by atoms with Crippen LogP contribution in [0.5, 0.6) is 11.5 Å². The molecule has 28 heavy (non-hydrogen) atoms. The molecule has 1 aliphatic heterocycles. The fourth-order valence-electron chi connectivity index (χ4n) is 2.66. The number of hydrogen-bond donors (Lipinski definition) is 1. The number of ether oxygens (including phenoxy) is 2. The van der Waals surface area contributed by atoms with Crippen molar-refractivity contribution < 1.29 is 22.7 Å². The maximum absolute atomic E-state index is 12.4. The minimum Gasteiger partial charge on any atom is -0.492 e. The lowest BCUT2D eigenvalue weighted by molar-refractivity contribution is -0.127. The number of benzene rings is 2. The molecule has 0 unspecified atom stereocenters. The molecule has 2 aromatic carbocycles. The Hall–Kier alpha value is -2.16. The summed E-state index contributed by atoms with van der Waals surface area (Å²) < 4.78 is 36.6. The van der Waals surface area contributed by atoms with Crippen LogP contribution in [0.1, 0.15) is 0 Å². The van der Waals surface area contributed by atoms with Crippen molar-refractivity contribution in [1.29, 1.82) is 0 Å². The Bertz CT molecular complexity index is 966. The summed E-state index contributed by atoms with van der Waals surface area (Å²) in [6.45, 7) is 0.325. The molecule has 1 amide bonds. The highest BCUT2D eigenvalue weighted by molar-refractivity contribution is 7.92. The van der Waals surface area contributed by atoms with Crippen molar-refractivity contribution in [2.24, 2.45) is 0 Å². The van der Waals surface area contributed by atoms with Gasteiger partial charge in [0, 0.05) is 10.0 Å². The van der Waals surface area contributed by atoms with E-state index < -0.39 is 22.0 Å². The van der Waals surface area contributed by atoms with E-state index in [1.54, 1.807) is 36.4 Å². The standard InChI is InChI=1S/C18H18Cl2N2O5S/c1-28(24,25)22-11-17(27-16-7-4-13(20)10-15(16)22)18(23)21-8-9-26-14-5-2-12(19)3-6-14/h2-7,10,17H,8-9,11H2,1H3,(H,21,23)/t17-/m1/s1. The summed E-state index contributed by atoms with van der Waals surface area (Å²) in [7, 11) is -3.61. The van der Waals surface area contributed by atoms with Crippen molar-refractivity contribution >= 4 is 44.8 Å². The molecule has 2 aromatic rings. The highest BCUT2D eigenvalue weighted by atomic mass is 35.5. The van der Waals surface area contributed by atoms with E-state index >= 15 is 0 Å². The van der Waals surface area contributed by atoms with E-state index in [0.717, 1.165) is 10.6 Å². The molecule has 10 heteroatoms. The number of carbonyl (C=O) groups excluding carboxylic acids is 1. The predicted molar refractivity (Wildman–Crippen MR) is 108 cm³/mol. The van der Waals surface area contributed by atoms with Gasteiger partial charge in [-0.25, -0.2) is 8.42 Å². The molecule has 0 bridgehead atoms. The van der Waals surface area contributed by atoms with Gasteiger partial charge >= 0.3 is 0 Å². The number of anilines is 1. The lowest BCUT2D eigenvalue weighted by atomic mass is 10.2. The van der Waals surface area contributed by atoms with Gasteiger partial charge < -0.3 is 14.8 Å². The lowest BCUT2D eigenvalue weighted by Gasteiger charge is -2.34. The summed E-state index contributed by atoms with van der Waals surface area (Å²) in [5, 5.41) is 3.66. The SMILES string of the molecule is CS(=O)(=O)N1C[C@H](C(=O)NCCOc2ccc(Cl)cc2)Oc2ccc(Cl)cc21. The Kier molecular flexibility index (Phi) is 6.22. The van der Waals surface area contributed by atoms with Gasteiger partial charge in [-0.3, -0.25) is 9.10 Å². The van der Waals surface area contributed by atoms with E-state index in [1.165, 1.54) is 6.07 Å². The van der Waals surface area contributed by atoms with Gasteiger partial charge in [-0.1, -0.05) is 23.2 Å². The quantitative estimate of drug-likeness (QED) is 0.692. The molecule has 1 aliphatic rings. The highest BCUT2D eigenvalue weighted by Gasteiger charge is 2.35. The average Bonchev–Trinajstić information content (AvgIpc) is 2.64. The number of sulfonamides is 1. The molecule has 3 rings (SSSR count). The minimum absolute atomic E-state index is 0.143. The van der Waals surface area contributed by atoms with Crippen molar-refractivity contribution in [3.63, 3.8) is 0 Å². The van der Waals surface area contributed by atoms with Gasteiger partial charge in [0.2, 0.25) is 10.0 Å². The van der Waals surface area contributed by atoms with Crippen molar-refractivity contribution in [2.75, 3.05) is 30.3 Å². The second-order valence-electron chi connectivity index (χ2n) is 6.11. The Morgan fingerprint density at radius 2 is 1.89 bits per heavy atom. The molecular weight excluding hydrogens is 427 g/mol. The van der Waals surface area contributed by atoms with Gasteiger partial charge in [-0.15, -0.1) is 0 Å². The fourth-order valence-corrected chi connectivity index (χ4v) is 3.86. The summed E-state index contributed by atoms with van der Waals surface area (Å²) in [6, 6.07) is 11.5.